The molecule has 7 heteroatoms. The molecule has 4 rings (SSSR count). The molecule has 2 amide bonds. The van der Waals surface area contributed by atoms with E-state index >= 15 is 0 Å². The van der Waals surface area contributed by atoms with E-state index in [-0.39, 0.29) is 24.0 Å². The molecular formula is C28H28N2O5. The minimum atomic E-state index is -0.584. The zero-order chi connectivity index (χ0) is 24.6. The number of amides is 2. The van der Waals surface area contributed by atoms with E-state index in [0.29, 0.717) is 16.7 Å². The van der Waals surface area contributed by atoms with Crippen molar-refractivity contribution in [1.29, 1.82) is 0 Å². The van der Waals surface area contributed by atoms with Gasteiger partial charge in [0.2, 0.25) is 5.91 Å². The van der Waals surface area contributed by atoms with Gasteiger partial charge in [-0.25, -0.2) is 9.59 Å². The van der Waals surface area contributed by atoms with E-state index in [0.717, 1.165) is 31.2 Å². The normalized spacial score (nSPS) is 13.6. The molecule has 0 atom stereocenters. The molecule has 3 N–H and O–H groups in total. The van der Waals surface area contributed by atoms with E-state index in [2.05, 4.69) is 5.32 Å². The number of hydrogen-bond donors (Lipinski definition) is 2. The van der Waals surface area contributed by atoms with Gasteiger partial charge in [-0.3, -0.25) is 4.79 Å². The molecule has 7 nitrogen and oxygen atoms in total. The van der Waals surface area contributed by atoms with Gasteiger partial charge in [0.25, 0.3) is 0 Å². The molecule has 3 aromatic rings. The number of rotatable bonds is 7. The molecule has 0 radical (unpaired) electrons. The number of carbonyl (C=O) groups excluding carboxylic acids is 3. The molecule has 180 valence electrons. The molecule has 0 unspecified atom stereocenters. The molecule has 0 saturated heterocycles. The summed E-state index contributed by atoms with van der Waals surface area (Å²) in [5.41, 5.74) is 7.93. The molecule has 1 aliphatic rings. The summed E-state index contributed by atoms with van der Waals surface area (Å²) in [6, 6.07) is 20.8. The Labute approximate surface area is 204 Å². The number of nitrogens with two attached hydrogens (primary N) is 1. The summed E-state index contributed by atoms with van der Waals surface area (Å²) in [6.45, 7) is 0.114. The van der Waals surface area contributed by atoms with Crippen LogP contribution in [-0.4, -0.2) is 24.0 Å². The number of nitrogens with one attached hydrogen (secondary N) is 1. The van der Waals surface area contributed by atoms with E-state index in [9.17, 15) is 14.4 Å². The zero-order valence-electron chi connectivity index (χ0n) is 19.4. The van der Waals surface area contributed by atoms with Crippen molar-refractivity contribution >= 4 is 18.0 Å². The average Bonchev–Trinajstić information content (AvgIpc) is 2.88. The predicted octanol–water partition coefficient (Wildman–Crippen LogP) is 5.23. The first-order valence-electron chi connectivity index (χ1n) is 11.7. The number of esters is 1. The topological polar surface area (TPSA) is 108 Å². The molecular weight excluding hydrogens is 444 g/mol. The largest absolute Gasteiger partial charge is 0.457 e. The van der Waals surface area contributed by atoms with E-state index in [1.54, 1.807) is 42.5 Å². The van der Waals surface area contributed by atoms with E-state index in [4.69, 9.17) is 15.2 Å². The Hall–Kier alpha value is -4.13. The lowest BCUT2D eigenvalue weighted by Crippen LogP contribution is -2.38. The van der Waals surface area contributed by atoms with Crippen LogP contribution < -0.4 is 15.8 Å². The van der Waals surface area contributed by atoms with Crippen molar-refractivity contribution in [3.63, 3.8) is 0 Å². The first-order chi connectivity index (χ1) is 17.0. The standard InChI is InChI=1S/C28H28N2O5/c29-26(31)21-11-7-10-20(16-21)25-17-23(35-28(33)30-22-12-5-2-6-13-22)14-15-24(25)27(32)34-18-19-8-3-1-4-9-19/h1,3-4,7-11,14-17,22H,2,5-6,12-13,18H2,(H2,29,31)(H,30,33). The zero-order valence-corrected chi connectivity index (χ0v) is 19.4. The van der Waals surface area contributed by atoms with Crippen LogP contribution in [0.4, 0.5) is 4.79 Å². The van der Waals surface area contributed by atoms with E-state index < -0.39 is 18.0 Å². The summed E-state index contributed by atoms with van der Waals surface area (Å²) in [5, 5.41) is 2.91. The van der Waals surface area contributed by atoms with Crippen molar-refractivity contribution < 1.29 is 23.9 Å². The fourth-order valence-electron chi connectivity index (χ4n) is 4.19. The lowest BCUT2D eigenvalue weighted by Gasteiger charge is -2.22. The van der Waals surface area contributed by atoms with Crippen LogP contribution in [0.1, 0.15) is 58.4 Å². The summed E-state index contributed by atoms with van der Waals surface area (Å²) in [5.74, 6) is -0.844. The average molecular weight is 473 g/mol. The molecule has 0 aromatic heterocycles. The first kappa shape index (κ1) is 24.0. The van der Waals surface area contributed by atoms with E-state index in [1.807, 2.05) is 30.3 Å². The van der Waals surface area contributed by atoms with Gasteiger partial charge in [-0.15, -0.1) is 0 Å². The summed E-state index contributed by atoms with van der Waals surface area (Å²) in [4.78, 5) is 37.2. The van der Waals surface area contributed by atoms with Crippen molar-refractivity contribution in [3.05, 3.63) is 89.5 Å². The Kier molecular flexibility index (Phi) is 7.77. The second-order valence-corrected chi connectivity index (χ2v) is 8.58. The van der Waals surface area contributed by atoms with Gasteiger partial charge in [-0.05, 0) is 59.9 Å². The fraction of sp³-hybridized carbons (Fsp3) is 0.250. The van der Waals surface area contributed by atoms with Crippen LogP contribution in [-0.2, 0) is 11.3 Å². The highest BCUT2D eigenvalue weighted by Gasteiger charge is 2.20. The highest BCUT2D eigenvalue weighted by molar-refractivity contribution is 5.99. The van der Waals surface area contributed by atoms with Crippen molar-refractivity contribution in [2.75, 3.05) is 0 Å². The quantitative estimate of drug-likeness (QED) is 0.458. The van der Waals surface area contributed by atoms with Crippen LogP contribution in [0.2, 0.25) is 0 Å². The number of hydrogen-bond acceptors (Lipinski definition) is 5. The number of ether oxygens (including phenoxy) is 2. The van der Waals surface area contributed by atoms with Crippen LogP contribution in [0.5, 0.6) is 5.75 Å². The van der Waals surface area contributed by atoms with Gasteiger partial charge in [-0.1, -0.05) is 61.7 Å². The smallest absolute Gasteiger partial charge is 0.412 e. The predicted molar refractivity (Wildman–Crippen MR) is 132 cm³/mol. The highest BCUT2D eigenvalue weighted by atomic mass is 16.6. The van der Waals surface area contributed by atoms with Crippen molar-refractivity contribution in [2.45, 2.75) is 44.8 Å². The Bertz CT molecular complexity index is 1200. The lowest BCUT2D eigenvalue weighted by molar-refractivity contribution is 0.0473. The van der Waals surface area contributed by atoms with Gasteiger partial charge in [-0.2, -0.15) is 0 Å². The molecule has 0 heterocycles. The van der Waals surface area contributed by atoms with Gasteiger partial charge in [0.05, 0.1) is 5.56 Å². The Balaban J connectivity index is 1.58. The molecule has 0 aliphatic heterocycles. The second kappa shape index (κ2) is 11.3. The van der Waals surface area contributed by atoms with Crippen molar-refractivity contribution in [1.82, 2.24) is 5.32 Å². The molecule has 3 aromatic carbocycles. The van der Waals surface area contributed by atoms with Crippen LogP contribution in [0.15, 0.2) is 72.8 Å². The van der Waals surface area contributed by atoms with Gasteiger partial charge in [0.1, 0.15) is 12.4 Å². The number of benzene rings is 3. The van der Waals surface area contributed by atoms with Gasteiger partial charge >= 0.3 is 12.1 Å². The molecule has 1 saturated carbocycles. The highest BCUT2D eigenvalue weighted by Crippen LogP contribution is 2.30. The molecule has 0 spiro atoms. The monoisotopic (exact) mass is 472 g/mol. The molecule has 35 heavy (non-hydrogen) atoms. The van der Waals surface area contributed by atoms with E-state index in [1.165, 1.54) is 6.42 Å². The maximum Gasteiger partial charge on any atom is 0.412 e. The lowest BCUT2D eigenvalue weighted by atomic mass is 9.96. The fourth-order valence-corrected chi connectivity index (χ4v) is 4.19. The third-order valence-electron chi connectivity index (χ3n) is 6.02. The Morgan fingerprint density at radius 2 is 1.66 bits per heavy atom. The summed E-state index contributed by atoms with van der Waals surface area (Å²) < 4.78 is 11.1. The summed E-state index contributed by atoms with van der Waals surface area (Å²) >= 11 is 0. The molecule has 0 bridgehead atoms. The number of carbonyl (C=O) groups is 3. The minimum absolute atomic E-state index is 0.107. The van der Waals surface area contributed by atoms with Crippen LogP contribution >= 0.6 is 0 Å². The SMILES string of the molecule is NC(=O)c1cccc(-c2cc(OC(=O)NC3CCCCC3)ccc2C(=O)OCc2ccccc2)c1. The van der Waals surface area contributed by atoms with Crippen molar-refractivity contribution in [2.24, 2.45) is 5.73 Å². The maximum absolute atomic E-state index is 13.0. The van der Waals surface area contributed by atoms with Crippen LogP contribution in [0, 0.1) is 0 Å². The van der Waals surface area contributed by atoms with Gasteiger partial charge in [0, 0.05) is 11.6 Å². The van der Waals surface area contributed by atoms with Crippen molar-refractivity contribution in [3.8, 4) is 16.9 Å². The summed E-state index contributed by atoms with van der Waals surface area (Å²) in [6.07, 6.45) is 4.70. The first-order valence-corrected chi connectivity index (χ1v) is 11.7. The molecule has 1 fully saturated rings. The van der Waals surface area contributed by atoms with Gasteiger partial charge in [0.15, 0.2) is 0 Å². The van der Waals surface area contributed by atoms with Crippen LogP contribution in [0.3, 0.4) is 0 Å². The Morgan fingerprint density at radius 3 is 2.40 bits per heavy atom. The second-order valence-electron chi connectivity index (χ2n) is 8.58. The van der Waals surface area contributed by atoms with Gasteiger partial charge < -0.3 is 20.5 Å². The Morgan fingerprint density at radius 1 is 0.886 bits per heavy atom. The summed E-state index contributed by atoms with van der Waals surface area (Å²) in [7, 11) is 0. The molecule has 1 aliphatic carbocycles. The van der Waals surface area contributed by atoms with Crippen LogP contribution in [0.25, 0.3) is 11.1 Å². The third-order valence-corrected chi connectivity index (χ3v) is 6.02. The number of primary amides is 1. The maximum atomic E-state index is 13.0. The minimum Gasteiger partial charge on any atom is -0.457 e. The third kappa shape index (κ3) is 6.47.